The maximum Gasteiger partial charge on any atom is 0.317 e. The molecule has 0 aliphatic carbocycles. The molecule has 2 fully saturated rings. The van der Waals surface area contributed by atoms with Crippen LogP contribution in [0.2, 0.25) is 0 Å². The zero-order valence-electron chi connectivity index (χ0n) is 17.3. The molecule has 28 heavy (non-hydrogen) atoms. The summed E-state index contributed by atoms with van der Waals surface area (Å²) in [5, 5.41) is 10.1. The lowest BCUT2D eigenvalue weighted by Crippen LogP contribution is -2.63. The molecule has 7 heteroatoms. The molecule has 0 bridgehead atoms. The highest BCUT2D eigenvalue weighted by molar-refractivity contribution is 5.75. The van der Waals surface area contributed by atoms with Crippen LogP contribution in [0.15, 0.2) is 24.5 Å². The SMILES string of the molecule is CC(C)(C)CC(NC(=O)N1CC(N2CCCCC2)C1)c1cccnc1.O=CO. The average Bonchev–Trinajstić information content (AvgIpc) is 2.61. The summed E-state index contributed by atoms with van der Waals surface area (Å²) < 4.78 is 0. The molecule has 2 N–H and O–H groups in total. The quantitative estimate of drug-likeness (QED) is 0.772. The van der Waals surface area contributed by atoms with Crippen LogP contribution >= 0.6 is 0 Å². The van der Waals surface area contributed by atoms with E-state index in [4.69, 9.17) is 9.90 Å². The van der Waals surface area contributed by atoms with Gasteiger partial charge in [-0.3, -0.25) is 14.7 Å². The number of pyridine rings is 1. The third-order valence-corrected chi connectivity index (χ3v) is 5.26. The number of likely N-dealkylation sites (tertiary alicyclic amines) is 2. The van der Waals surface area contributed by atoms with Gasteiger partial charge in [-0.1, -0.05) is 33.3 Å². The molecule has 0 aromatic carbocycles. The van der Waals surface area contributed by atoms with E-state index >= 15 is 0 Å². The second-order valence-electron chi connectivity index (χ2n) is 8.81. The fourth-order valence-electron chi connectivity index (χ4n) is 3.82. The minimum absolute atomic E-state index is 0.00948. The zero-order chi connectivity index (χ0) is 20.6. The molecule has 2 saturated heterocycles. The number of carbonyl (C=O) groups excluding carboxylic acids is 1. The van der Waals surface area contributed by atoms with Gasteiger partial charge in [0.05, 0.1) is 6.04 Å². The lowest BCUT2D eigenvalue weighted by Gasteiger charge is -2.47. The summed E-state index contributed by atoms with van der Waals surface area (Å²) in [5.41, 5.74) is 1.22. The Labute approximate surface area is 168 Å². The van der Waals surface area contributed by atoms with Crippen LogP contribution in [0.25, 0.3) is 0 Å². The fourth-order valence-corrected chi connectivity index (χ4v) is 3.82. The lowest BCUT2D eigenvalue weighted by molar-refractivity contribution is -0.122. The van der Waals surface area contributed by atoms with Crippen LogP contribution < -0.4 is 5.32 Å². The van der Waals surface area contributed by atoms with Crippen LogP contribution in [-0.2, 0) is 4.79 Å². The summed E-state index contributed by atoms with van der Waals surface area (Å²) in [5.74, 6) is 0. The summed E-state index contributed by atoms with van der Waals surface area (Å²) in [6, 6.07) is 4.62. The van der Waals surface area contributed by atoms with E-state index in [2.05, 4.69) is 42.0 Å². The molecule has 2 aliphatic rings. The third kappa shape index (κ3) is 6.78. The van der Waals surface area contributed by atoms with Crippen LogP contribution in [0.3, 0.4) is 0 Å². The van der Waals surface area contributed by atoms with Gasteiger partial charge in [-0.2, -0.15) is 0 Å². The Hall–Kier alpha value is -2.15. The van der Waals surface area contributed by atoms with Gasteiger partial charge in [0.2, 0.25) is 0 Å². The first-order valence-corrected chi connectivity index (χ1v) is 10.1. The summed E-state index contributed by atoms with van der Waals surface area (Å²) >= 11 is 0. The molecule has 156 valence electrons. The van der Waals surface area contributed by atoms with Crippen LogP contribution in [0.4, 0.5) is 4.79 Å². The van der Waals surface area contributed by atoms with E-state index in [1.54, 1.807) is 6.20 Å². The van der Waals surface area contributed by atoms with E-state index in [9.17, 15) is 4.79 Å². The van der Waals surface area contributed by atoms with Gasteiger partial charge in [0.15, 0.2) is 0 Å². The number of rotatable bonds is 4. The fraction of sp³-hybridized carbons (Fsp3) is 0.667. The van der Waals surface area contributed by atoms with Gasteiger partial charge in [-0.15, -0.1) is 0 Å². The Morgan fingerprint density at radius 2 is 1.96 bits per heavy atom. The number of piperidine rings is 1. The molecule has 2 amide bonds. The van der Waals surface area contributed by atoms with Crippen molar-refractivity contribution in [2.24, 2.45) is 5.41 Å². The van der Waals surface area contributed by atoms with Gasteiger partial charge < -0.3 is 15.3 Å². The lowest BCUT2D eigenvalue weighted by atomic mass is 9.86. The first-order chi connectivity index (χ1) is 13.3. The van der Waals surface area contributed by atoms with Crippen molar-refractivity contribution in [3.63, 3.8) is 0 Å². The molecule has 1 aromatic heterocycles. The first-order valence-electron chi connectivity index (χ1n) is 10.1. The summed E-state index contributed by atoms with van der Waals surface area (Å²) in [6.07, 6.45) is 8.50. The van der Waals surface area contributed by atoms with Crippen molar-refractivity contribution in [3.8, 4) is 0 Å². The van der Waals surface area contributed by atoms with Gasteiger partial charge in [-0.05, 0) is 49.4 Å². The average molecular weight is 391 g/mol. The van der Waals surface area contributed by atoms with Crippen LogP contribution in [0.1, 0.15) is 58.1 Å². The van der Waals surface area contributed by atoms with Crippen LogP contribution in [0, 0.1) is 5.41 Å². The molecule has 0 spiro atoms. The highest BCUT2D eigenvalue weighted by Gasteiger charge is 2.36. The largest absolute Gasteiger partial charge is 0.483 e. The topological polar surface area (TPSA) is 85.8 Å². The number of nitrogens with one attached hydrogen (secondary N) is 1. The number of amides is 2. The highest BCUT2D eigenvalue weighted by atomic mass is 16.3. The van der Waals surface area contributed by atoms with E-state index in [-0.39, 0.29) is 24.0 Å². The van der Waals surface area contributed by atoms with Crippen molar-refractivity contribution in [3.05, 3.63) is 30.1 Å². The summed E-state index contributed by atoms with van der Waals surface area (Å²) in [6.45, 7) is 10.5. The summed E-state index contributed by atoms with van der Waals surface area (Å²) in [4.78, 5) is 29.8. The van der Waals surface area contributed by atoms with Crippen molar-refractivity contribution < 1.29 is 14.7 Å². The van der Waals surface area contributed by atoms with Crippen molar-refractivity contribution in [1.29, 1.82) is 0 Å². The number of nitrogens with zero attached hydrogens (tertiary/aromatic N) is 3. The maximum atomic E-state index is 12.7. The maximum absolute atomic E-state index is 12.7. The number of carbonyl (C=O) groups is 2. The van der Waals surface area contributed by atoms with Gasteiger partial charge in [0.25, 0.3) is 6.47 Å². The van der Waals surface area contributed by atoms with Gasteiger partial charge in [-0.25, -0.2) is 4.79 Å². The van der Waals surface area contributed by atoms with Crippen molar-refractivity contribution in [2.75, 3.05) is 26.2 Å². The predicted molar refractivity (Wildman–Crippen MR) is 109 cm³/mol. The molecule has 3 heterocycles. The van der Waals surface area contributed by atoms with Crippen LogP contribution in [0.5, 0.6) is 0 Å². The molecule has 7 nitrogen and oxygen atoms in total. The highest BCUT2D eigenvalue weighted by Crippen LogP contribution is 2.29. The third-order valence-electron chi connectivity index (χ3n) is 5.26. The van der Waals surface area contributed by atoms with E-state index in [0.29, 0.717) is 6.04 Å². The smallest absolute Gasteiger partial charge is 0.317 e. The van der Waals surface area contributed by atoms with Crippen molar-refractivity contribution in [2.45, 2.75) is 58.5 Å². The van der Waals surface area contributed by atoms with Crippen molar-refractivity contribution >= 4 is 12.5 Å². The van der Waals surface area contributed by atoms with E-state index < -0.39 is 0 Å². The Balaban J connectivity index is 0.000000878. The second kappa shape index (κ2) is 10.4. The minimum Gasteiger partial charge on any atom is -0.483 e. The number of hydrogen-bond donors (Lipinski definition) is 2. The normalized spacial score (nSPS) is 19.0. The molecule has 3 rings (SSSR count). The van der Waals surface area contributed by atoms with Crippen molar-refractivity contribution in [1.82, 2.24) is 20.1 Å². The number of carboxylic acid groups (broad SMARTS) is 1. The molecular formula is C21H34N4O3. The standard InChI is InChI=1S/C20H32N4O.CH2O2/c1-20(2,3)12-18(16-8-7-9-21-13-16)22-19(25)24-14-17(15-24)23-10-5-4-6-11-23;2-1-3/h7-9,13,17-18H,4-6,10-12,14-15H2,1-3H3,(H,22,25);1H,(H,2,3). The monoisotopic (exact) mass is 390 g/mol. The number of hydrogen-bond acceptors (Lipinski definition) is 4. The molecule has 0 radical (unpaired) electrons. The van der Waals surface area contributed by atoms with E-state index in [1.165, 1.54) is 32.4 Å². The van der Waals surface area contributed by atoms with Crippen LogP contribution in [-0.4, -0.2) is 64.6 Å². The Kier molecular flexibility index (Phi) is 8.23. The molecule has 0 saturated carbocycles. The first kappa shape index (κ1) is 22.1. The zero-order valence-corrected chi connectivity index (χ0v) is 17.3. The Morgan fingerprint density at radius 1 is 1.32 bits per heavy atom. The van der Waals surface area contributed by atoms with Gasteiger partial charge in [0.1, 0.15) is 0 Å². The molecule has 2 aliphatic heterocycles. The molecule has 1 unspecified atom stereocenters. The molecular weight excluding hydrogens is 356 g/mol. The second-order valence-corrected chi connectivity index (χ2v) is 8.81. The Morgan fingerprint density at radius 3 is 2.50 bits per heavy atom. The molecule has 1 aromatic rings. The Bertz CT molecular complexity index is 606. The van der Waals surface area contributed by atoms with E-state index in [1.807, 2.05) is 17.2 Å². The molecule has 1 atom stereocenters. The summed E-state index contributed by atoms with van der Waals surface area (Å²) in [7, 11) is 0. The predicted octanol–water partition coefficient (Wildman–Crippen LogP) is 3.14. The minimum atomic E-state index is -0.250. The van der Waals surface area contributed by atoms with Gasteiger partial charge in [0, 0.05) is 31.5 Å². The van der Waals surface area contributed by atoms with E-state index in [0.717, 1.165) is 25.1 Å². The van der Waals surface area contributed by atoms with Gasteiger partial charge >= 0.3 is 6.03 Å². The number of aromatic nitrogens is 1. The number of urea groups is 1.